The molecule has 2 N–H and O–H groups in total. The van der Waals surface area contributed by atoms with Gasteiger partial charge < -0.3 is 15.0 Å². The molecule has 1 unspecified atom stereocenters. The highest BCUT2D eigenvalue weighted by atomic mass is 16.5. The summed E-state index contributed by atoms with van der Waals surface area (Å²) in [6.07, 6.45) is 0.700. The number of nitrogens with two attached hydrogens (primary N) is 1. The highest BCUT2D eigenvalue weighted by Gasteiger charge is 2.18. The van der Waals surface area contributed by atoms with Crippen molar-refractivity contribution in [3.63, 3.8) is 0 Å². The first kappa shape index (κ1) is 11.6. The van der Waals surface area contributed by atoms with E-state index >= 15 is 0 Å². The fraction of sp³-hybridized carbons (Fsp3) is 0.333. The predicted molar refractivity (Wildman–Crippen MR) is 62.7 cm³/mol. The summed E-state index contributed by atoms with van der Waals surface area (Å²) in [5.74, 6) is 1.79. The van der Waals surface area contributed by atoms with Crippen molar-refractivity contribution < 1.29 is 9.26 Å². The summed E-state index contributed by atoms with van der Waals surface area (Å²) in [5.41, 5.74) is 6.94. The Morgan fingerprint density at radius 3 is 2.82 bits per heavy atom. The second kappa shape index (κ2) is 4.97. The number of aromatic nitrogens is 2. The van der Waals surface area contributed by atoms with E-state index in [9.17, 15) is 0 Å². The van der Waals surface area contributed by atoms with Crippen LogP contribution in [0.4, 0.5) is 0 Å². The van der Waals surface area contributed by atoms with Gasteiger partial charge in [0.15, 0.2) is 5.82 Å². The van der Waals surface area contributed by atoms with Crippen molar-refractivity contribution in [2.45, 2.75) is 19.4 Å². The number of aryl methyl sites for hydroxylation is 1. The second-order valence-electron chi connectivity index (χ2n) is 3.62. The van der Waals surface area contributed by atoms with E-state index in [2.05, 4.69) is 10.1 Å². The molecule has 90 valence electrons. The molecule has 0 spiro atoms. The molecule has 0 radical (unpaired) electrons. The molecule has 5 heteroatoms. The number of ether oxygens (including phenoxy) is 1. The Morgan fingerprint density at radius 1 is 1.41 bits per heavy atom. The zero-order valence-corrected chi connectivity index (χ0v) is 9.88. The third-order valence-electron chi connectivity index (χ3n) is 2.54. The van der Waals surface area contributed by atoms with Crippen molar-refractivity contribution in [3.8, 4) is 5.75 Å². The van der Waals surface area contributed by atoms with Crippen LogP contribution in [-0.2, 0) is 6.42 Å². The zero-order valence-electron chi connectivity index (χ0n) is 9.88. The molecule has 1 aromatic carbocycles. The van der Waals surface area contributed by atoms with Gasteiger partial charge in [0.05, 0.1) is 13.2 Å². The Bertz CT molecular complexity index is 496. The van der Waals surface area contributed by atoms with Gasteiger partial charge in [-0.25, -0.2) is 0 Å². The lowest BCUT2D eigenvalue weighted by molar-refractivity contribution is 0.373. The molecule has 1 heterocycles. The third-order valence-corrected chi connectivity index (χ3v) is 2.54. The van der Waals surface area contributed by atoms with Crippen LogP contribution in [0.1, 0.15) is 30.2 Å². The normalized spacial score (nSPS) is 12.4. The molecule has 1 aromatic heterocycles. The first-order chi connectivity index (χ1) is 8.26. The van der Waals surface area contributed by atoms with E-state index in [-0.39, 0.29) is 0 Å². The Kier molecular flexibility index (Phi) is 3.39. The standard InChI is InChI=1S/C12H15N3O2/c1-3-10-14-12(15-17-10)11(13)8-6-4-5-7-9(8)16-2/h4-7,11H,3,13H2,1-2H3. The van der Waals surface area contributed by atoms with Gasteiger partial charge in [-0.15, -0.1) is 0 Å². The molecule has 0 aliphatic carbocycles. The number of nitrogens with zero attached hydrogens (tertiary/aromatic N) is 2. The molecular formula is C12H15N3O2. The van der Waals surface area contributed by atoms with Crippen LogP contribution in [0.5, 0.6) is 5.75 Å². The highest BCUT2D eigenvalue weighted by molar-refractivity contribution is 5.38. The lowest BCUT2D eigenvalue weighted by Crippen LogP contribution is -2.14. The number of benzene rings is 1. The van der Waals surface area contributed by atoms with E-state index in [1.54, 1.807) is 7.11 Å². The van der Waals surface area contributed by atoms with Crippen molar-refractivity contribution in [3.05, 3.63) is 41.5 Å². The molecule has 5 nitrogen and oxygen atoms in total. The van der Waals surface area contributed by atoms with Crippen LogP contribution in [0, 0.1) is 0 Å². The van der Waals surface area contributed by atoms with Crippen molar-refractivity contribution in [1.29, 1.82) is 0 Å². The Morgan fingerprint density at radius 2 is 2.18 bits per heavy atom. The maximum Gasteiger partial charge on any atom is 0.226 e. The van der Waals surface area contributed by atoms with Gasteiger partial charge in [-0.1, -0.05) is 30.3 Å². The van der Waals surface area contributed by atoms with Crippen molar-refractivity contribution >= 4 is 0 Å². The van der Waals surface area contributed by atoms with Crippen LogP contribution in [0.25, 0.3) is 0 Å². The van der Waals surface area contributed by atoms with Crippen LogP contribution in [0.15, 0.2) is 28.8 Å². The second-order valence-corrected chi connectivity index (χ2v) is 3.62. The van der Waals surface area contributed by atoms with Gasteiger partial charge in [-0.3, -0.25) is 0 Å². The van der Waals surface area contributed by atoms with Crippen LogP contribution in [-0.4, -0.2) is 17.3 Å². The Balaban J connectivity index is 2.32. The van der Waals surface area contributed by atoms with Crippen LogP contribution < -0.4 is 10.5 Å². The largest absolute Gasteiger partial charge is 0.496 e. The molecule has 0 aliphatic heterocycles. The van der Waals surface area contributed by atoms with Crippen molar-refractivity contribution in [1.82, 2.24) is 10.1 Å². The average Bonchev–Trinajstić information content (AvgIpc) is 2.86. The molecule has 0 amide bonds. The fourth-order valence-corrected chi connectivity index (χ4v) is 1.60. The molecule has 2 rings (SSSR count). The molecule has 0 aliphatic rings. The van der Waals surface area contributed by atoms with E-state index in [4.69, 9.17) is 15.0 Å². The average molecular weight is 233 g/mol. The van der Waals surface area contributed by atoms with Crippen molar-refractivity contribution in [2.75, 3.05) is 7.11 Å². The predicted octanol–water partition coefficient (Wildman–Crippen LogP) is 1.69. The van der Waals surface area contributed by atoms with Crippen LogP contribution >= 0.6 is 0 Å². The number of hydrogen-bond donors (Lipinski definition) is 1. The molecule has 0 saturated carbocycles. The molecule has 2 aromatic rings. The molecule has 0 bridgehead atoms. The van der Waals surface area contributed by atoms with Gasteiger partial charge in [0.1, 0.15) is 5.75 Å². The van der Waals surface area contributed by atoms with Gasteiger partial charge >= 0.3 is 0 Å². The Labute approximate surface area is 99.6 Å². The van der Waals surface area contributed by atoms with Gasteiger partial charge in [-0.2, -0.15) is 4.98 Å². The summed E-state index contributed by atoms with van der Waals surface area (Å²) in [5, 5.41) is 3.87. The number of methoxy groups -OCH3 is 1. The maximum absolute atomic E-state index is 6.10. The monoisotopic (exact) mass is 233 g/mol. The first-order valence-corrected chi connectivity index (χ1v) is 5.47. The Hall–Kier alpha value is -1.88. The summed E-state index contributed by atoms with van der Waals surface area (Å²) in [7, 11) is 1.61. The summed E-state index contributed by atoms with van der Waals surface area (Å²) < 4.78 is 10.3. The summed E-state index contributed by atoms with van der Waals surface area (Å²) in [6, 6.07) is 7.11. The summed E-state index contributed by atoms with van der Waals surface area (Å²) in [4.78, 5) is 4.22. The molecule has 1 atom stereocenters. The topological polar surface area (TPSA) is 74.2 Å². The smallest absolute Gasteiger partial charge is 0.226 e. The lowest BCUT2D eigenvalue weighted by Gasteiger charge is -2.11. The number of hydrogen-bond acceptors (Lipinski definition) is 5. The minimum atomic E-state index is -0.435. The van der Waals surface area contributed by atoms with E-state index in [0.29, 0.717) is 18.1 Å². The van der Waals surface area contributed by atoms with E-state index in [1.165, 1.54) is 0 Å². The minimum absolute atomic E-state index is 0.435. The number of para-hydroxylation sites is 1. The van der Waals surface area contributed by atoms with Gasteiger partial charge in [0.2, 0.25) is 5.89 Å². The highest BCUT2D eigenvalue weighted by Crippen LogP contribution is 2.26. The quantitative estimate of drug-likeness (QED) is 0.869. The first-order valence-electron chi connectivity index (χ1n) is 5.47. The molecule has 0 saturated heterocycles. The maximum atomic E-state index is 6.10. The van der Waals surface area contributed by atoms with E-state index in [1.807, 2.05) is 31.2 Å². The van der Waals surface area contributed by atoms with E-state index < -0.39 is 6.04 Å². The van der Waals surface area contributed by atoms with Gasteiger partial charge in [0.25, 0.3) is 0 Å². The fourth-order valence-electron chi connectivity index (χ4n) is 1.60. The van der Waals surface area contributed by atoms with Gasteiger partial charge in [-0.05, 0) is 6.07 Å². The summed E-state index contributed by atoms with van der Waals surface area (Å²) >= 11 is 0. The lowest BCUT2D eigenvalue weighted by atomic mass is 10.1. The SMILES string of the molecule is CCc1nc(C(N)c2ccccc2OC)no1. The molecule has 17 heavy (non-hydrogen) atoms. The van der Waals surface area contributed by atoms with Gasteiger partial charge in [0, 0.05) is 12.0 Å². The molecule has 0 fully saturated rings. The molecular weight excluding hydrogens is 218 g/mol. The van der Waals surface area contributed by atoms with Crippen molar-refractivity contribution in [2.24, 2.45) is 5.73 Å². The minimum Gasteiger partial charge on any atom is -0.496 e. The zero-order chi connectivity index (χ0) is 12.3. The van der Waals surface area contributed by atoms with E-state index in [0.717, 1.165) is 11.3 Å². The number of rotatable bonds is 4. The summed E-state index contributed by atoms with van der Waals surface area (Å²) in [6.45, 7) is 1.95. The third kappa shape index (κ3) is 2.29. The van der Waals surface area contributed by atoms with Crippen LogP contribution in [0.3, 0.4) is 0 Å². The van der Waals surface area contributed by atoms with Crippen LogP contribution in [0.2, 0.25) is 0 Å².